The van der Waals surface area contributed by atoms with Gasteiger partial charge < -0.3 is 25.8 Å². The second kappa shape index (κ2) is 20.2. The number of carboxylic acids is 1. The summed E-state index contributed by atoms with van der Waals surface area (Å²) in [6.45, 7) is 16.0. The number of benzene rings is 1. The Hall–Kier alpha value is -3.84. The number of aliphatic carboxylic acids is 1. The van der Waals surface area contributed by atoms with Gasteiger partial charge >= 0.3 is 11.9 Å². The molecule has 1 aliphatic heterocycles. The van der Waals surface area contributed by atoms with Crippen LogP contribution in [0.4, 0.5) is 5.69 Å². The highest BCUT2D eigenvalue weighted by Gasteiger charge is 2.38. The number of nitrogen functional groups attached to an aromatic ring is 1. The molecule has 0 spiro atoms. The third-order valence-electron chi connectivity index (χ3n) is 10.5. The Morgan fingerprint density at radius 1 is 1.09 bits per heavy atom. The molecule has 0 unspecified atom stereocenters. The molecule has 300 valence electrons. The fourth-order valence-corrected chi connectivity index (χ4v) is 8.17. The average molecular weight is 770 g/mol. The van der Waals surface area contributed by atoms with Gasteiger partial charge in [-0.05, 0) is 89.1 Å². The first-order valence-electron chi connectivity index (χ1n) is 19.4. The normalized spacial score (nSPS) is 17.4. The minimum atomic E-state index is -1.11. The maximum absolute atomic E-state index is 14.5. The summed E-state index contributed by atoms with van der Waals surface area (Å²) in [5.74, 6) is -2.51. The number of piperidine rings is 1. The van der Waals surface area contributed by atoms with Crippen LogP contribution in [0, 0.1) is 23.2 Å². The van der Waals surface area contributed by atoms with E-state index in [4.69, 9.17) is 10.5 Å². The minimum Gasteiger partial charge on any atom is -0.481 e. The lowest BCUT2D eigenvalue weighted by Crippen LogP contribution is -2.50. The molecular formula is C41H63N5O7S. The highest BCUT2D eigenvalue weighted by molar-refractivity contribution is 7.09. The molecule has 1 aromatic carbocycles. The quantitative estimate of drug-likeness (QED) is 0.0992. The number of carbonyl (C=O) groups excluding carboxylic acids is 4. The number of carboxylic acid groups (broad SMARTS) is 1. The number of esters is 1. The molecule has 1 aromatic heterocycles. The number of nitrogens with zero attached hydrogens (tertiary/aromatic N) is 3. The minimum absolute atomic E-state index is 0.0269. The van der Waals surface area contributed by atoms with Gasteiger partial charge in [0.05, 0.1) is 11.5 Å². The number of ketones is 1. The number of likely N-dealkylation sites (tertiary alicyclic amines) is 1. The number of likely N-dealkylation sites (N-methyl/N-ethyl adjacent to an activating group) is 1. The summed E-state index contributed by atoms with van der Waals surface area (Å²) in [5, 5.41) is 14.8. The van der Waals surface area contributed by atoms with Gasteiger partial charge in [-0.1, -0.05) is 53.2 Å². The van der Waals surface area contributed by atoms with Crippen molar-refractivity contribution in [2.45, 2.75) is 131 Å². The lowest BCUT2D eigenvalue weighted by Gasteiger charge is -2.39. The van der Waals surface area contributed by atoms with Crippen LogP contribution in [-0.4, -0.2) is 87.7 Å². The molecule has 1 fully saturated rings. The predicted octanol–water partition coefficient (Wildman–Crippen LogP) is 6.54. The number of thiazole rings is 1. The van der Waals surface area contributed by atoms with Gasteiger partial charge in [0, 0.05) is 55.4 Å². The van der Waals surface area contributed by atoms with Crippen molar-refractivity contribution in [2.24, 2.45) is 23.2 Å². The third-order valence-corrected chi connectivity index (χ3v) is 11.5. The van der Waals surface area contributed by atoms with Crippen LogP contribution < -0.4 is 11.1 Å². The van der Waals surface area contributed by atoms with Crippen LogP contribution in [-0.2, 0) is 30.3 Å². The number of Topliss-reactive ketones (excluding diaryl/α,β-unsaturated/α-hetero) is 1. The van der Waals surface area contributed by atoms with Crippen LogP contribution in [0.3, 0.4) is 0 Å². The Morgan fingerprint density at radius 2 is 1.76 bits per heavy atom. The molecule has 2 amide bonds. The van der Waals surface area contributed by atoms with Crippen LogP contribution in [0.25, 0.3) is 0 Å². The van der Waals surface area contributed by atoms with E-state index in [9.17, 15) is 29.1 Å². The van der Waals surface area contributed by atoms with Crippen molar-refractivity contribution >= 4 is 46.6 Å². The van der Waals surface area contributed by atoms with Crippen LogP contribution in [0.2, 0.25) is 0 Å². The van der Waals surface area contributed by atoms with Crippen molar-refractivity contribution in [1.29, 1.82) is 0 Å². The summed E-state index contributed by atoms with van der Waals surface area (Å²) in [5.41, 5.74) is 6.36. The zero-order chi connectivity index (χ0) is 40.3. The first-order chi connectivity index (χ1) is 25.3. The van der Waals surface area contributed by atoms with Gasteiger partial charge in [0.25, 0.3) is 5.91 Å². The van der Waals surface area contributed by atoms with Crippen molar-refractivity contribution in [1.82, 2.24) is 20.1 Å². The van der Waals surface area contributed by atoms with E-state index in [1.807, 2.05) is 58.7 Å². The number of hydrogen-bond acceptors (Lipinski definition) is 10. The summed E-state index contributed by atoms with van der Waals surface area (Å²) in [6.07, 6.45) is 3.74. The molecule has 2 heterocycles. The molecule has 0 radical (unpaired) electrons. The number of ether oxygens (including phenoxy) is 1. The molecule has 5 atom stereocenters. The van der Waals surface area contributed by atoms with E-state index < -0.39 is 41.3 Å². The fraction of sp³-hybridized carbons (Fsp3) is 0.659. The molecule has 0 bridgehead atoms. The van der Waals surface area contributed by atoms with Crippen LogP contribution in [0.5, 0.6) is 0 Å². The molecule has 4 N–H and O–H groups in total. The van der Waals surface area contributed by atoms with Crippen molar-refractivity contribution in [3.63, 3.8) is 0 Å². The summed E-state index contributed by atoms with van der Waals surface area (Å²) >= 11 is 1.19. The maximum atomic E-state index is 14.5. The summed E-state index contributed by atoms with van der Waals surface area (Å²) < 4.78 is 5.85. The van der Waals surface area contributed by atoms with Crippen molar-refractivity contribution in [2.75, 3.05) is 25.9 Å². The number of anilines is 1. The third kappa shape index (κ3) is 12.6. The van der Waals surface area contributed by atoms with Crippen LogP contribution in [0.1, 0.15) is 127 Å². The van der Waals surface area contributed by atoms with Crippen molar-refractivity contribution in [3.8, 4) is 0 Å². The lowest BCUT2D eigenvalue weighted by atomic mass is 9.84. The molecule has 1 saturated heterocycles. The van der Waals surface area contributed by atoms with E-state index in [0.717, 1.165) is 31.4 Å². The van der Waals surface area contributed by atoms with E-state index in [1.165, 1.54) is 18.3 Å². The van der Waals surface area contributed by atoms with Gasteiger partial charge in [-0.2, -0.15) is 0 Å². The number of carbonyl (C=O) groups is 5. The van der Waals surface area contributed by atoms with E-state index in [0.29, 0.717) is 30.1 Å². The number of nitrogens with one attached hydrogen (secondary N) is 1. The Bertz CT molecular complexity index is 1570. The second-order valence-corrected chi connectivity index (χ2v) is 17.2. The zero-order valence-electron chi connectivity index (χ0n) is 33.7. The number of hydrogen-bond donors (Lipinski definition) is 3. The average Bonchev–Trinajstić information content (AvgIpc) is 3.59. The highest BCUT2D eigenvalue weighted by atomic mass is 32.1. The van der Waals surface area contributed by atoms with Crippen molar-refractivity contribution in [3.05, 3.63) is 45.9 Å². The molecule has 54 heavy (non-hydrogen) atoms. The Kier molecular flexibility index (Phi) is 16.7. The van der Waals surface area contributed by atoms with E-state index >= 15 is 0 Å². The van der Waals surface area contributed by atoms with Gasteiger partial charge in [0.15, 0.2) is 11.9 Å². The van der Waals surface area contributed by atoms with Crippen LogP contribution in [0.15, 0.2) is 29.6 Å². The fourth-order valence-electron chi connectivity index (χ4n) is 7.33. The molecule has 0 saturated carbocycles. The largest absolute Gasteiger partial charge is 0.481 e. The molecule has 3 rings (SSSR count). The first kappa shape index (κ1) is 44.6. The van der Waals surface area contributed by atoms with Crippen molar-refractivity contribution < 1.29 is 33.8 Å². The van der Waals surface area contributed by atoms with Gasteiger partial charge in [-0.3, -0.25) is 28.9 Å². The monoisotopic (exact) mass is 769 g/mol. The molecule has 0 aliphatic carbocycles. The number of rotatable bonds is 20. The summed E-state index contributed by atoms with van der Waals surface area (Å²) in [4.78, 5) is 74.8. The molecule has 12 nitrogen and oxygen atoms in total. The standard InChI is InChI=1S/C41H63N5O7S/c1-10-18-46(39(50)31(25(2)3)21-35(48)33-13-11-12-19-45(33)9)34(26(4)5)22-36(53-27(6)47)38-44-32(24-54-38)37(49)43-30(23-41(7,8)40(51)52)20-28-14-16-29(42)17-15-28/h14-17,24-26,30-31,33-34,36H,10-13,18-23,42H2,1-9H3,(H,43,49)(H,51,52)/t30-,31-,33+,34+,36+/m0/s1. The summed E-state index contributed by atoms with van der Waals surface area (Å²) in [6, 6.07) is 6.17. The highest BCUT2D eigenvalue weighted by Crippen LogP contribution is 2.33. The van der Waals surface area contributed by atoms with Crippen LogP contribution >= 0.6 is 11.3 Å². The summed E-state index contributed by atoms with van der Waals surface area (Å²) in [7, 11) is 1.98. The Labute approximate surface area is 325 Å². The molecule has 13 heteroatoms. The zero-order valence-corrected chi connectivity index (χ0v) is 34.5. The van der Waals surface area contributed by atoms with Gasteiger partial charge in [0.1, 0.15) is 10.7 Å². The Morgan fingerprint density at radius 3 is 2.31 bits per heavy atom. The van der Waals surface area contributed by atoms with Gasteiger partial charge in [-0.15, -0.1) is 11.3 Å². The predicted molar refractivity (Wildman–Crippen MR) is 212 cm³/mol. The smallest absolute Gasteiger partial charge is 0.309 e. The van der Waals surface area contributed by atoms with Gasteiger partial charge in [-0.25, -0.2) is 4.98 Å². The first-order valence-corrected chi connectivity index (χ1v) is 20.3. The topological polar surface area (TPSA) is 172 Å². The lowest BCUT2D eigenvalue weighted by molar-refractivity contribution is -0.150. The maximum Gasteiger partial charge on any atom is 0.309 e. The molecular weight excluding hydrogens is 707 g/mol. The van der Waals surface area contributed by atoms with Gasteiger partial charge in [0.2, 0.25) is 5.91 Å². The second-order valence-electron chi connectivity index (χ2n) is 16.3. The molecule has 1 aliphatic rings. The van der Waals surface area contributed by atoms with E-state index in [-0.39, 0.29) is 60.6 Å². The Balaban J connectivity index is 1.87. The van der Waals surface area contributed by atoms with E-state index in [1.54, 1.807) is 31.4 Å². The van der Waals surface area contributed by atoms with E-state index in [2.05, 4.69) is 15.2 Å². The molecule has 2 aromatic rings. The number of aromatic nitrogens is 1. The number of nitrogens with two attached hydrogens (primary N) is 1. The number of amides is 2. The SMILES string of the molecule is CCCN(C(=O)[C@@H](CC(=O)[C@H]1CCCCN1C)C(C)C)[C@H](C[C@@H](OC(C)=O)c1nc(C(=O)N[C@@H](Cc2ccc(N)cc2)CC(C)(C)C(=O)O)cs1)C(C)C.